The van der Waals surface area contributed by atoms with Crippen LogP contribution in [0, 0.1) is 0 Å². The highest BCUT2D eigenvalue weighted by molar-refractivity contribution is 7.48. The summed E-state index contributed by atoms with van der Waals surface area (Å²) in [6.07, 6.45) is -2.97. The lowest BCUT2D eigenvalue weighted by Crippen LogP contribution is -2.51. The molecule has 1 unspecified atom stereocenters. The molecule has 1 N–H and O–H groups in total. The standard InChI is InChI=1S/C36H38F2N5O7P/c1-6-46-30-28-29(43(22-39-28)32-34(4,37)31-35(38,48-32)21-47-51(44,50-31)49-23(2)3)40-33(41-30)42-36(24-13-9-7-10-14-24,25-15-11-8-12-16-25)26-17-19-27(45-5)20-18-26/h7-20,22-23,31-32H,6,21H2,1-5H3,(H,40,41,42)/t31-,32+,34+,35+,51?/m0/s1. The molecule has 3 aromatic carbocycles. The van der Waals surface area contributed by atoms with Gasteiger partial charge in [-0.3, -0.25) is 18.1 Å². The minimum absolute atomic E-state index is 0.0827. The molecule has 4 heterocycles. The summed E-state index contributed by atoms with van der Waals surface area (Å²) in [5, 5.41) is 3.59. The summed E-state index contributed by atoms with van der Waals surface area (Å²) >= 11 is 0. The molecule has 268 valence electrons. The lowest BCUT2D eigenvalue weighted by molar-refractivity contribution is -0.220. The Labute approximate surface area is 293 Å². The first kappa shape index (κ1) is 35.0. The van der Waals surface area contributed by atoms with Gasteiger partial charge in [-0.05, 0) is 56.5 Å². The first-order valence-electron chi connectivity index (χ1n) is 16.5. The van der Waals surface area contributed by atoms with E-state index in [-0.39, 0.29) is 29.6 Å². The quantitative estimate of drug-likeness (QED) is 0.108. The van der Waals surface area contributed by atoms with Crippen LogP contribution in [-0.2, 0) is 28.4 Å². The zero-order valence-electron chi connectivity index (χ0n) is 28.7. The number of nitrogens with one attached hydrogen (secondary N) is 1. The number of halogens is 2. The van der Waals surface area contributed by atoms with E-state index in [1.54, 1.807) is 27.9 Å². The molecular weight excluding hydrogens is 683 g/mol. The Morgan fingerprint density at radius 1 is 1.00 bits per heavy atom. The Morgan fingerprint density at radius 3 is 2.22 bits per heavy atom. The fourth-order valence-electron chi connectivity index (χ4n) is 6.63. The third-order valence-electron chi connectivity index (χ3n) is 8.85. The van der Waals surface area contributed by atoms with E-state index >= 15 is 8.78 Å². The third kappa shape index (κ3) is 6.14. The third-order valence-corrected chi connectivity index (χ3v) is 10.4. The maximum atomic E-state index is 16.9. The molecule has 15 heteroatoms. The highest BCUT2D eigenvalue weighted by atomic mass is 31.2. The number of nitrogens with zero attached hydrogens (tertiary/aromatic N) is 4. The molecule has 5 aromatic rings. The summed E-state index contributed by atoms with van der Waals surface area (Å²) in [5.74, 6) is -1.93. The molecule has 2 aliphatic heterocycles. The maximum Gasteiger partial charge on any atom is 0.475 e. The fraction of sp³-hybridized carbons (Fsp3) is 0.361. The van der Waals surface area contributed by atoms with E-state index in [4.69, 9.17) is 37.7 Å². The maximum absolute atomic E-state index is 16.9. The molecule has 0 saturated carbocycles. The molecule has 0 bridgehead atoms. The predicted octanol–water partition coefficient (Wildman–Crippen LogP) is 7.51. The number of benzene rings is 3. The van der Waals surface area contributed by atoms with Crippen LogP contribution in [0.1, 0.15) is 50.6 Å². The number of methoxy groups -OCH3 is 1. The van der Waals surface area contributed by atoms with E-state index in [1.807, 2.05) is 84.9 Å². The summed E-state index contributed by atoms with van der Waals surface area (Å²) in [5.41, 5.74) is -0.853. The number of hydrogen-bond acceptors (Lipinski definition) is 11. The number of anilines is 1. The van der Waals surface area contributed by atoms with E-state index < -0.39 is 49.9 Å². The van der Waals surface area contributed by atoms with Crippen molar-refractivity contribution >= 4 is 24.9 Å². The molecule has 2 aromatic heterocycles. The van der Waals surface area contributed by atoms with Gasteiger partial charge in [-0.1, -0.05) is 72.8 Å². The van der Waals surface area contributed by atoms with Gasteiger partial charge in [-0.15, -0.1) is 0 Å². The first-order chi connectivity index (χ1) is 24.4. The molecule has 7 rings (SSSR count). The Balaban J connectivity index is 1.38. The largest absolute Gasteiger partial charge is 0.497 e. The number of fused-ring (bicyclic) bond motifs is 2. The molecular formula is C36H38F2N5O7P. The van der Waals surface area contributed by atoms with E-state index in [2.05, 4.69) is 10.3 Å². The number of imidazole rings is 1. The van der Waals surface area contributed by atoms with E-state index in [9.17, 15) is 4.57 Å². The van der Waals surface area contributed by atoms with Gasteiger partial charge < -0.3 is 19.5 Å². The summed E-state index contributed by atoms with van der Waals surface area (Å²) in [6.45, 7) is 5.44. The monoisotopic (exact) mass is 721 g/mol. The van der Waals surface area contributed by atoms with Crippen LogP contribution >= 0.6 is 7.82 Å². The average molecular weight is 722 g/mol. The van der Waals surface area contributed by atoms with Gasteiger partial charge in [0.2, 0.25) is 11.8 Å². The summed E-state index contributed by atoms with van der Waals surface area (Å²) < 4.78 is 80.6. The normalized spacial score (nSPS) is 26.3. The van der Waals surface area contributed by atoms with Gasteiger partial charge in [-0.25, -0.2) is 18.3 Å². The highest BCUT2D eigenvalue weighted by Gasteiger charge is 2.70. The average Bonchev–Trinajstić information content (AvgIpc) is 3.63. The van der Waals surface area contributed by atoms with Crippen molar-refractivity contribution in [2.45, 2.75) is 63.2 Å². The second-order valence-corrected chi connectivity index (χ2v) is 14.3. The second kappa shape index (κ2) is 13.3. The zero-order valence-corrected chi connectivity index (χ0v) is 29.6. The van der Waals surface area contributed by atoms with Crippen molar-refractivity contribution in [1.29, 1.82) is 0 Å². The van der Waals surface area contributed by atoms with Crippen molar-refractivity contribution < 1.29 is 41.1 Å². The SMILES string of the molecule is CCOc1nc(NC(c2ccccc2)(c2ccccc2)c2ccc(OC)cc2)nc2c1ncn2[C@@H]1O[C@]2(F)COP(=O)(OC(C)C)O[C@H]2[C@@]1(C)F. The van der Waals surface area contributed by atoms with E-state index in [0.29, 0.717) is 5.75 Å². The Morgan fingerprint density at radius 2 is 1.63 bits per heavy atom. The van der Waals surface area contributed by atoms with Gasteiger partial charge in [0.1, 0.15) is 17.9 Å². The molecule has 0 spiro atoms. The van der Waals surface area contributed by atoms with E-state index in [1.165, 1.54) is 10.9 Å². The molecule has 5 atom stereocenters. The number of alkyl halides is 2. The zero-order chi connectivity index (χ0) is 36.0. The smallest absolute Gasteiger partial charge is 0.475 e. The first-order valence-corrected chi connectivity index (χ1v) is 18.0. The van der Waals surface area contributed by atoms with Crippen LogP contribution in [-0.4, -0.2) is 63.6 Å². The van der Waals surface area contributed by atoms with Gasteiger partial charge in [-0.2, -0.15) is 9.97 Å². The molecule has 51 heavy (non-hydrogen) atoms. The van der Waals surface area contributed by atoms with Crippen LogP contribution in [0.2, 0.25) is 0 Å². The topological polar surface area (TPSA) is 128 Å². The molecule has 2 fully saturated rings. The number of phosphoric ester groups is 1. The van der Waals surface area contributed by atoms with Crippen LogP contribution < -0.4 is 14.8 Å². The molecule has 12 nitrogen and oxygen atoms in total. The summed E-state index contributed by atoms with van der Waals surface area (Å²) in [6, 6.07) is 27.2. The number of phosphoric acid groups is 1. The van der Waals surface area contributed by atoms with Gasteiger partial charge >= 0.3 is 7.82 Å². The van der Waals surface area contributed by atoms with Crippen molar-refractivity contribution in [2.75, 3.05) is 25.6 Å². The predicted molar refractivity (Wildman–Crippen MR) is 184 cm³/mol. The molecule has 2 saturated heterocycles. The van der Waals surface area contributed by atoms with Crippen molar-refractivity contribution in [2.24, 2.45) is 0 Å². The molecule has 0 amide bonds. The van der Waals surface area contributed by atoms with Crippen LogP contribution in [0.15, 0.2) is 91.3 Å². The summed E-state index contributed by atoms with van der Waals surface area (Å²) in [7, 11) is -2.70. The van der Waals surface area contributed by atoms with Gasteiger partial charge in [0.05, 0.1) is 26.1 Å². The van der Waals surface area contributed by atoms with Gasteiger partial charge in [0.25, 0.3) is 5.85 Å². The number of ether oxygens (including phenoxy) is 3. The van der Waals surface area contributed by atoms with Crippen molar-refractivity contribution in [3.63, 3.8) is 0 Å². The molecule has 0 radical (unpaired) electrons. The van der Waals surface area contributed by atoms with Crippen molar-refractivity contribution in [1.82, 2.24) is 19.5 Å². The van der Waals surface area contributed by atoms with Crippen LogP contribution in [0.25, 0.3) is 11.2 Å². The van der Waals surface area contributed by atoms with E-state index in [0.717, 1.165) is 23.6 Å². The highest BCUT2D eigenvalue weighted by Crippen LogP contribution is 2.63. The lowest BCUT2D eigenvalue weighted by Gasteiger charge is -2.37. The van der Waals surface area contributed by atoms with Gasteiger partial charge in [0.15, 0.2) is 29.2 Å². The molecule has 0 aliphatic carbocycles. The Hall–Kier alpha value is -4.46. The minimum Gasteiger partial charge on any atom is -0.497 e. The number of hydrogen-bond donors (Lipinski definition) is 1. The van der Waals surface area contributed by atoms with Gasteiger partial charge in [0, 0.05) is 0 Å². The lowest BCUT2D eigenvalue weighted by atomic mass is 9.77. The van der Waals surface area contributed by atoms with Crippen LogP contribution in [0.4, 0.5) is 14.7 Å². The van der Waals surface area contributed by atoms with Crippen molar-refractivity contribution in [3.05, 3.63) is 108 Å². The number of rotatable bonds is 11. The summed E-state index contributed by atoms with van der Waals surface area (Å²) in [4.78, 5) is 14.0. The Bertz CT molecular complexity index is 2010. The fourth-order valence-corrected chi connectivity index (χ4v) is 8.27. The van der Waals surface area contributed by atoms with Crippen LogP contribution in [0.5, 0.6) is 11.6 Å². The van der Waals surface area contributed by atoms with Crippen molar-refractivity contribution in [3.8, 4) is 11.6 Å². The minimum atomic E-state index is -4.30. The van der Waals surface area contributed by atoms with Crippen LogP contribution in [0.3, 0.4) is 0 Å². The molecule has 2 aliphatic rings. The number of aromatic nitrogens is 4. The Kier molecular flexibility index (Phi) is 9.09. The second-order valence-electron chi connectivity index (χ2n) is 12.7.